The molecule has 0 atom stereocenters. The fourth-order valence-corrected chi connectivity index (χ4v) is 3.04. The number of fused-ring (bicyclic) bond motifs is 1. The molecule has 148 valence electrons. The van der Waals surface area contributed by atoms with E-state index < -0.39 is 0 Å². The minimum atomic E-state index is -0.193. The lowest BCUT2D eigenvalue weighted by Crippen LogP contribution is -2.24. The quantitative estimate of drug-likeness (QED) is 0.479. The maximum absolute atomic E-state index is 12.3. The summed E-state index contributed by atoms with van der Waals surface area (Å²) in [4.78, 5) is 16.8. The molecule has 29 heavy (non-hydrogen) atoms. The van der Waals surface area contributed by atoms with Crippen molar-refractivity contribution in [3.8, 4) is 5.75 Å². The summed E-state index contributed by atoms with van der Waals surface area (Å²) in [5, 5.41) is 9.58. The molecule has 8 nitrogen and oxygen atoms in total. The SMILES string of the molecule is Cc1ccc2nc(COc3ccc(C(=O)NCc4n[nH]c(=S)n4C)cc3)cn2c1. The molecule has 4 rings (SSSR count). The van der Waals surface area contributed by atoms with Crippen LogP contribution in [0.1, 0.15) is 27.4 Å². The maximum Gasteiger partial charge on any atom is 0.251 e. The standard InChI is InChI=1S/C20H20N6O2S/c1-13-3-8-17-22-15(11-26(17)10-13)12-28-16-6-4-14(5-7-16)19(27)21-9-18-23-24-20(29)25(18)2/h3-8,10-11H,9,12H2,1-2H3,(H,21,27)(H,24,29). The summed E-state index contributed by atoms with van der Waals surface area (Å²) in [5.41, 5.74) is 3.43. The lowest BCUT2D eigenvalue weighted by atomic mass is 10.2. The van der Waals surface area contributed by atoms with Gasteiger partial charge in [0.05, 0.1) is 12.2 Å². The molecule has 0 bridgehead atoms. The van der Waals surface area contributed by atoms with E-state index in [4.69, 9.17) is 17.0 Å². The third-order valence-electron chi connectivity index (χ3n) is 4.53. The van der Waals surface area contributed by atoms with E-state index in [0.717, 1.165) is 11.3 Å². The van der Waals surface area contributed by atoms with Gasteiger partial charge in [0.2, 0.25) is 0 Å². The van der Waals surface area contributed by atoms with Crippen LogP contribution in [0.3, 0.4) is 0 Å². The summed E-state index contributed by atoms with van der Waals surface area (Å²) in [6.07, 6.45) is 3.98. The molecule has 0 aliphatic heterocycles. The number of hydrogen-bond acceptors (Lipinski definition) is 5. The van der Waals surface area contributed by atoms with Crippen LogP contribution >= 0.6 is 12.2 Å². The summed E-state index contributed by atoms with van der Waals surface area (Å²) in [5.74, 6) is 1.14. The molecule has 3 heterocycles. The number of pyridine rings is 1. The largest absolute Gasteiger partial charge is 0.487 e. The average Bonchev–Trinajstić information content (AvgIpc) is 3.27. The Balaban J connectivity index is 1.35. The molecular formula is C20H20N6O2S. The van der Waals surface area contributed by atoms with Crippen molar-refractivity contribution in [1.82, 2.24) is 29.5 Å². The first-order chi connectivity index (χ1) is 14.0. The van der Waals surface area contributed by atoms with Gasteiger partial charge < -0.3 is 19.0 Å². The molecule has 3 aromatic heterocycles. The first-order valence-corrected chi connectivity index (χ1v) is 9.46. The highest BCUT2D eigenvalue weighted by atomic mass is 32.1. The molecular weight excluding hydrogens is 388 g/mol. The predicted molar refractivity (Wildman–Crippen MR) is 110 cm³/mol. The highest BCUT2D eigenvalue weighted by molar-refractivity contribution is 7.71. The van der Waals surface area contributed by atoms with Crippen LogP contribution in [0.4, 0.5) is 0 Å². The Morgan fingerprint density at radius 1 is 1.21 bits per heavy atom. The van der Waals surface area contributed by atoms with Gasteiger partial charge in [-0.25, -0.2) is 4.98 Å². The van der Waals surface area contributed by atoms with Gasteiger partial charge in [0, 0.05) is 25.0 Å². The number of nitrogens with one attached hydrogen (secondary N) is 2. The zero-order chi connectivity index (χ0) is 20.4. The lowest BCUT2D eigenvalue weighted by molar-refractivity contribution is 0.0949. The average molecular weight is 408 g/mol. The van der Waals surface area contributed by atoms with Crippen molar-refractivity contribution in [2.45, 2.75) is 20.1 Å². The number of amides is 1. The fourth-order valence-electron chi connectivity index (χ4n) is 2.88. The number of H-pyrrole nitrogens is 1. The van der Waals surface area contributed by atoms with Crippen LogP contribution < -0.4 is 10.1 Å². The number of ether oxygens (including phenoxy) is 1. The Morgan fingerprint density at radius 2 is 2.00 bits per heavy atom. The molecule has 1 aromatic carbocycles. The van der Waals surface area contributed by atoms with Crippen LogP contribution in [0.5, 0.6) is 5.75 Å². The first kappa shape index (κ1) is 18.9. The summed E-state index contributed by atoms with van der Waals surface area (Å²) >= 11 is 5.06. The maximum atomic E-state index is 12.3. The Labute approximate surface area is 172 Å². The van der Waals surface area contributed by atoms with Crippen molar-refractivity contribution in [2.75, 3.05) is 0 Å². The van der Waals surface area contributed by atoms with Crippen LogP contribution in [-0.4, -0.2) is 30.1 Å². The fraction of sp³-hybridized carbons (Fsp3) is 0.200. The van der Waals surface area contributed by atoms with Gasteiger partial charge in [-0.05, 0) is 55.0 Å². The molecule has 2 N–H and O–H groups in total. The minimum absolute atomic E-state index is 0.193. The van der Waals surface area contributed by atoms with Gasteiger partial charge in [-0.3, -0.25) is 9.89 Å². The van der Waals surface area contributed by atoms with E-state index in [1.807, 2.05) is 35.9 Å². The molecule has 0 unspecified atom stereocenters. The number of aromatic nitrogens is 5. The molecule has 9 heteroatoms. The molecule has 0 spiro atoms. The highest BCUT2D eigenvalue weighted by Gasteiger charge is 2.09. The van der Waals surface area contributed by atoms with E-state index in [2.05, 4.69) is 20.5 Å². The van der Waals surface area contributed by atoms with Gasteiger partial charge >= 0.3 is 0 Å². The van der Waals surface area contributed by atoms with Crippen molar-refractivity contribution in [2.24, 2.45) is 7.05 Å². The number of carbonyl (C=O) groups excluding carboxylic acids is 1. The molecule has 4 aromatic rings. The Bertz CT molecular complexity index is 1220. The van der Waals surface area contributed by atoms with Crippen LogP contribution in [0, 0.1) is 11.7 Å². The van der Waals surface area contributed by atoms with Gasteiger partial charge in [0.1, 0.15) is 18.0 Å². The van der Waals surface area contributed by atoms with Gasteiger partial charge in [-0.1, -0.05) is 6.07 Å². The Morgan fingerprint density at radius 3 is 2.72 bits per heavy atom. The summed E-state index contributed by atoms with van der Waals surface area (Å²) in [6, 6.07) is 11.0. The normalized spacial score (nSPS) is 11.0. The van der Waals surface area contributed by atoms with Crippen molar-refractivity contribution < 1.29 is 9.53 Å². The van der Waals surface area contributed by atoms with E-state index in [-0.39, 0.29) is 12.5 Å². The van der Waals surface area contributed by atoms with Gasteiger partial charge in [-0.2, -0.15) is 5.10 Å². The van der Waals surface area contributed by atoms with E-state index in [1.54, 1.807) is 35.9 Å². The van der Waals surface area contributed by atoms with Gasteiger partial charge in [0.15, 0.2) is 10.6 Å². The monoisotopic (exact) mass is 408 g/mol. The first-order valence-electron chi connectivity index (χ1n) is 9.05. The highest BCUT2D eigenvalue weighted by Crippen LogP contribution is 2.15. The number of hydrogen-bond donors (Lipinski definition) is 2. The van der Waals surface area contributed by atoms with Crippen molar-refractivity contribution >= 4 is 23.8 Å². The molecule has 0 aliphatic carbocycles. The van der Waals surface area contributed by atoms with Crippen LogP contribution in [0.2, 0.25) is 0 Å². The minimum Gasteiger partial charge on any atom is -0.487 e. The zero-order valence-electron chi connectivity index (χ0n) is 16.0. The van der Waals surface area contributed by atoms with E-state index in [9.17, 15) is 4.79 Å². The summed E-state index contributed by atoms with van der Waals surface area (Å²) in [6.45, 7) is 2.68. The van der Waals surface area contributed by atoms with Crippen LogP contribution in [0.15, 0.2) is 48.8 Å². The predicted octanol–water partition coefficient (Wildman–Crippen LogP) is 2.94. The number of carbonyl (C=O) groups is 1. The van der Waals surface area contributed by atoms with E-state index in [1.165, 1.54) is 5.56 Å². The number of imidazole rings is 1. The molecule has 0 aliphatic rings. The topological polar surface area (TPSA) is 89.2 Å². The number of aromatic amines is 1. The molecule has 1 amide bonds. The van der Waals surface area contributed by atoms with Crippen LogP contribution in [0.25, 0.3) is 5.65 Å². The van der Waals surface area contributed by atoms with Crippen molar-refractivity contribution in [3.63, 3.8) is 0 Å². The second kappa shape index (κ2) is 7.88. The third-order valence-corrected chi connectivity index (χ3v) is 4.90. The molecule has 0 saturated carbocycles. The summed E-state index contributed by atoms with van der Waals surface area (Å²) in [7, 11) is 1.80. The van der Waals surface area contributed by atoms with E-state index >= 15 is 0 Å². The number of aryl methyl sites for hydroxylation is 1. The molecule has 0 radical (unpaired) electrons. The summed E-state index contributed by atoms with van der Waals surface area (Å²) < 4.78 is 10.0. The Kier molecular flexibility index (Phi) is 5.13. The smallest absolute Gasteiger partial charge is 0.251 e. The molecule has 0 saturated heterocycles. The lowest BCUT2D eigenvalue weighted by Gasteiger charge is -2.07. The third kappa shape index (κ3) is 4.19. The number of nitrogens with zero attached hydrogens (tertiary/aromatic N) is 4. The number of benzene rings is 1. The van der Waals surface area contributed by atoms with Gasteiger partial charge in [-0.15, -0.1) is 0 Å². The zero-order valence-corrected chi connectivity index (χ0v) is 16.9. The van der Waals surface area contributed by atoms with Gasteiger partial charge in [0.25, 0.3) is 5.91 Å². The van der Waals surface area contributed by atoms with Crippen LogP contribution in [-0.2, 0) is 20.2 Å². The second-order valence-corrected chi connectivity index (χ2v) is 7.09. The second-order valence-electron chi connectivity index (χ2n) is 6.70. The van der Waals surface area contributed by atoms with Crippen molar-refractivity contribution in [3.05, 3.63) is 76.2 Å². The molecule has 0 fully saturated rings. The number of rotatable bonds is 6. The Hall–Kier alpha value is -3.46. The van der Waals surface area contributed by atoms with Crippen molar-refractivity contribution in [1.29, 1.82) is 0 Å². The van der Waals surface area contributed by atoms with E-state index in [0.29, 0.717) is 28.5 Å².